The van der Waals surface area contributed by atoms with Gasteiger partial charge in [0.1, 0.15) is 17.7 Å². The minimum absolute atomic E-state index is 0.0778. The number of nitrogens with one attached hydrogen (secondary N) is 1. The first-order valence-electron chi connectivity index (χ1n) is 8.09. The molecule has 0 spiro atoms. The van der Waals surface area contributed by atoms with Crippen LogP contribution in [-0.4, -0.2) is 29.6 Å². The van der Waals surface area contributed by atoms with E-state index in [1.165, 1.54) is 12.0 Å². The molecule has 1 N–H and O–H groups in total. The van der Waals surface area contributed by atoms with Crippen molar-refractivity contribution in [3.63, 3.8) is 0 Å². The molecular weight excluding hydrogens is 362 g/mol. The summed E-state index contributed by atoms with van der Waals surface area (Å²) >= 11 is 6.11. The Morgan fingerprint density at radius 2 is 2.08 bits per heavy atom. The van der Waals surface area contributed by atoms with E-state index in [-0.39, 0.29) is 5.56 Å². The van der Waals surface area contributed by atoms with Gasteiger partial charge in [-0.25, -0.2) is 13.6 Å². The van der Waals surface area contributed by atoms with E-state index in [4.69, 9.17) is 16.3 Å². The number of fused-ring (bicyclic) bond motifs is 3. The fourth-order valence-corrected chi connectivity index (χ4v) is 3.79. The molecule has 1 amide bonds. The number of amides is 1. The smallest absolute Gasteiger partial charge is 0.410 e. The predicted octanol–water partition coefficient (Wildman–Crippen LogP) is 4.81. The van der Waals surface area contributed by atoms with E-state index in [9.17, 15) is 13.6 Å². The highest BCUT2D eigenvalue weighted by Gasteiger charge is 2.36. The van der Waals surface area contributed by atoms with Crippen LogP contribution >= 0.6 is 11.6 Å². The quantitative estimate of drug-likeness (QED) is 0.662. The first-order valence-corrected chi connectivity index (χ1v) is 8.47. The molecule has 0 bridgehead atoms. The van der Waals surface area contributed by atoms with Crippen molar-refractivity contribution < 1.29 is 18.3 Å². The van der Waals surface area contributed by atoms with Gasteiger partial charge in [-0.2, -0.15) is 0 Å². The average molecular weight is 377 g/mol. The lowest BCUT2D eigenvalue weighted by atomic mass is 9.92. The monoisotopic (exact) mass is 376 g/mol. The number of hydrogen-bond donors (Lipinski definition) is 1. The predicted molar refractivity (Wildman–Crippen MR) is 94.3 cm³/mol. The van der Waals surface area contributed by atoms with Gasteiger partial charge in [0.25, 0.3) is 0 Å². The number of aromatic nitrogens is 1. The molecule has 1 unspecified atom stereocenters. The van der Waals surface area contributed by atoms with Crippen LogP contribution in [0.15, 0.2) is 36.4 Å². The molecule has 0 saturated heterocycles. The third kappa shape index (κ3) is 2.61. The fraction of sp³-hybridized carbons (Fsp3) is 0.211. The van der Waals surface area contributed by atoms with Crippen molar-refractivity contribution in [1.29, 1.82) is 0 Å². The number of rotatable bonds is 1. The molecule has 1 aliphatic heterocycles. The second kappa shape index (κ2) is 6.29. The van der Waals surface area contributed by atoms with Crippen molar-refractivity contribution in [2.45, 2.75) is 12.5 Å². The number of benzene rings is 2. The number of aromatic amines is 1. The molecule has 0 saturated carbocycles. The van der Waals surface area contributed by atoms with Gasteiger partial charge in [-0.3, -0.25) is 4.90 Å². The summed E-state index contributed by atoms with van der Waals surface area (Å²) in [6, 6.07) is 7.83. The lowest BCUT2D eigenvalue weighted by Gasteiger charge is -2.35. The molecule has 0 aliphatic carbocycles. The molecule has 0 radical (unpaired) electrons. The van der Waals surface area contributed by atoms with E-state index in [1.54, 1.807) is 6.07 Å². The van der Waals surface area contributed by atoms with Gasteiger partial charge < -0.3 is 9.72 Å². The van der Waals surface area contributed by atoms with E-state index >= 15 is 0 Å². The maximum Gasteiger partial charge on any atom is 0.410 e. The largest absolute Gasteiger partial charge is 0.453 e. The van der Waals surface area contributed by atoms with Crippen LogP contribution in [0.4, 0.5) is 13.6 Å². The summed E-state index contributed by atoms with van der Waals surface area (Å²) in [6.07, 6.45) is -0.0425. The highest BCUT2D eigenvalue weighted by atomic mass is 35.5. The zero-order valence-corrected chi connectivity index (χ0v) is 14.6. The van der Waals surface area contributed by atoms with Gasteiger partial charge in [-0.1, -0.05) is 11.6 Å². The lowest BCUT2D eigenvalue weighted by molar-refractivity contribution is 0.107. The van der Waals surface area contributed by atoms with Gasteiger partial charge in [0, 0.05) is 33.7 Å². The van der Waals surface area contributed by atoms with Crippen LogP contribution < -0.4 is 0 Å². The van der Waals surface area contributed by atoms with Gasteiger partial charge >= 0.3 is 6.09 Å². The number of ether oxygens (including phenoxy) is 1. The first kappa shape index (κ1) is 16.8. The Kier molecular flexibility index (Phi) is 4.07. The van der Waals surface area contributed by atoms with Crippen molar-refractivity contribution in [3.8, 4) is 0 Å². The van der Waals surface area contributed by atoms with E-state index in [0.29, 0.717) is 23.7 Å². The van der Waals surface area contributed by atoms with Crippen molar-refractivity contribution in [2.24, 2.45) is 0 Å². The van der Waals surface area contributed by atoms with Crippen LogP contribution in [0.1, 0.15) is 22.9 Å². The van der Waals surface area contributed by atoms with Crippen LogP contribution in [0, 0.1) is 11.6 Å². The average Bonchev–Trinajstić information content (AvgIpc) is 3.00. The Morgan fingerprint density at radius 3 is 2.85 bits per heavy atom. The highest BCUT2D eigenvalue weighted by Crippen LogP contribution is 2.40. The normalized spacial score (nSPS) is 16.6. The minimum Gasteiger partial charge on any atom is -0.453 e. The standard InChI is InChI=1S/C19H15ClF2N2O2/c1-26-19(25)24-7-6-12-13-8-10(20)2-5-16(13)23-17(12)18(24)14-9-11(21)3-4-15(14)22/h2-5,8-9,18,23H,6-7H2,1H3. The first-order chi connectivity index (χ1) is 12.5. The Labute approximate surface area is 153 Å². The van der Waals surface area contributed by atoms with Crippen LogP contribution in [0.2, 0.25) is 5.02 Å². The SMILES string of the molecule is COC(=O)N1CCc2c([nH]c3ccc(Cl)cc23)C1c1cc(F)ccc1F. The number of H-pyrrole nitrogens is 1. The van der Waals surface area contributed by atoms with Gasteiger partial charge in [0.2, 0.25) is 0 Å². The molecule has 134 valence electrons. The van der Waals surface area contributed by atoms with Crippen molar-refractivity contribution >= 4 is 28.6 Å². The summed E-state index contributed by atoms with van der Waals surface area (Å²) in [4.78, 5) is 16.9. The third-order valence-electron chi connectivity index (χ3n) is 4.75. The van der Waals surface area contributed by atoms with Crippen LogP contribution in [0.5, 0.6) is 0 Å². The maximum atomic E-state index is 14.5. The molecule has 1 aliphatic rings. The van der Waals surface area contributed by atoms with Crippen LogP contribution in [-0.2, 0) is 11.2 Å². The van der Waals surface area contributed by atoms with Crippen molar-refractivity contribution in [3.05, 3.63) is 69.9 Å². The molecule has 26 heavy (non-hydrogen) atoms. The zero-order valence-electron chi connectivity index (χ0n) is 13.9. The van der Waals surface area contributed by atoms with E-state index < -0.39 is 23.8 Å². The molecule has 4 nitrogen and oxygen atoms in total. The minimum atomic E-state index is -0.812. The molecule has 1 aromatic heterocycles. The fourth-order valence-electron chi connectivity index (χ4n) is 3.62. The summed E-state index contributed by atoms with van der Waals surface area (Å²) < 4.78 is 33.2. The second-order valence-corrected chi connectivity index (χ2v) is 6.63. The summed E-state index contributed by atoms with van der Waals surface area (Å²) in [7, 11) is 1.27. The molecule has 2 heterocycles. The molecule has 4 rings (SSSR count). The summed E-state index contributed by atoms with van der Waals surface area (Å²) in [5.74, 6) is -1.16. The van der Waals surface area contributed by atoms with Gasteiger partial charge in [-0.15, -0.1) is 0 Å². The number of methoxy groups -OCH3 is 1. The molecule has 7 heteroatoms. The number of nitrogens with zero attached hydrogens (tertiary/aromatic N) is 1. The van der Waals surface area contributed by atoms with E-state index in [1.807, 2.05) is 12.1 Å². The number of halogens is 3. The maximum absolute atomic E-state index is 14.5. The summed E-state index contributed by atoms with van der Waals surface area (Å²) in [5.41, 5.74) is 2.49. The highest BCUT2D eigenvalue weighted by molar-refractivity contribution is 6.31. The van der Waals surface area contributed by atoms with Crippen LogP contribution in [0.3, 0.4) is 0 Å². The Hall–Kier alpha value is -2.60. The van der Waals surface area contributed by atoms with Crippen molar-refractivity contribution in [1.82, 2.24) is 9.88 Å². The van der Waals surface area contributed by atoms with Gasteiger partial charge in [0.15, 0.2) is 0 Å². The second-order valence-electron chi connectivity index (χ2n) is 6.19. The third-order valence-corrected chi connectivity index (χ3v) is 4.99. The number of hydrogen-bond acceptors (Lipinski definition) is 2. The molecule has 0 fully saturated rings. The Bertz CT molecular complexity index is 1020. The van der Waals surface area contributed by atoms with Crippen LogP contribution in [0.25, 0.3) is 10.9 Å². The topological polar surface area (TPSA) is 45.3 Å². The zero-order chi connectivity index (χ0) is 18.4. The number of carbonyl (C=O) groups excluding carboxylic acids is 1. The molecule has 1 atom stereocenters. The Morgan fingerprint density at radius 1 is 1.27 bits per heavy atom. The molecule has 2 aromatic carbocycles. The van der Waals surface area contributed by atoms with Gasteiger partial charge in [0.05, 0.1) is 7.11 Å². The van der Waals surface area contributed by atoms with Crippen molar-refractivity contribution in [2.75, 3.05) is 13.7 Å². The Balaban J connectivity index is 1.97. The molecule has 3 aromatic rings. The van der Waals surface area contributed by atoms with E-state index in [2.05, 4.69) is 4.98 Å². The van der Waals surface area contributed by atoms with E-state index in [0.717, 1.165) is 34.7 Å². The van der Waals surface area contributed by atoms with Gasteiger partial charge in [-0.05, 0) is 48.4 Å². The lowest BCUT2D eigenvalue weighted by Crippen LogP contribution is -2.40. The molecular formula is C19H15ClF2N2O2. The summed E-state index contributed by atoms with van der Waals surface area (Å²) in [6.45, 7) is 0.319. The number of carbonyl (C=O) groups is 1. The summed E-state index contributed by atoms with van der Waals surface area (Å²) in [5, 5.41) is 1.50.